The van der Waals surface area contributed by atoms with Gasteiger partial charge in [0.1, 0.15) is 0 Å². The first-order valence-corrected chi connectivity index (χ1v) is 8.17. The van der Waals surface area contributed by atoms with E-state index in [0.717, 1.165) is 61.5 Å². The molecule has 1 aliphatic carbocycles. The molecule has 5 heteroatoms. The van der Waals surface area contributed by atoms with Gasteiger partial charge in [-0.1, -0.05) is 15.9 Å². The molecule has 2 fully saturated rings. The molecular weight excluding hydrogens is 320 g/mol. The van der Waals surface area contributed by atoms with E-state index in [1.807, 2.05) is 0 Å². The minimum absolute atomic E-state index is 0.338. The highest BCUT2D eigenvalue weighted by atomic mass is 79.9. The van der Waals surface area contributed by atoms with Gasteiger partial charge in [0.25, 0.3) is 5.79 Å². The van der Waals surface area contributed by atoms with Crippen LogP contribution in [0.15, 0.2) is 16.6 Å². The highest BCUT2D eigenvalue weighted by Crippen LogP contribution is 2.49. The van der Waals surface area contributed by atoms with E-state index in [9.17, 15) is 0 Å². The van der Waals surface area contributed by atoms with Gasteiger partial charge < -0.3 is 14.8 Å². The summed E-state index contributed by atoms with van der Waals surface area (Å²) in [6, 6.07) is 4.22. The zero-order valence-electron chi connectivity index (χ0n) is 11.5. The van der Waals surface area contributed by atoms with Crippen LogP contribution in [0.3, 0.4) is 0 Å². The first kappa shape index (κ1) is 12.9. The maximum atomic E-state index is 6.04. The Kier molecular flexibility index (Phi) is 3.16. The Morgan fingerprint density at radius 3 is 2.50 bits per heavy atom. The first-order valence-electron chi connectivity index (χ1n) is 7.38. The number of ether oxygens (including phenoxy) is 2. The number of nitrogens with one attached hydrogen (secondary N) is 1. The molecule has 4 nitrogen and oxygen atoms in total. The van der Waals surface area contributed by atoms with Crippen molar-refractivity contribution in [1.29, 1.82) is 0 Å². The highest BCUT2D eigenvalue weighted by Gasteiger charge is 2.47. The number of halogens is 1. The van der Waals surface area contributed by atoms with Crippen molar-refractivity contribution >= 4 is 15.9 Å². The average molecular weight is 339 g/mol. The molecular formula is C15H19BrN2O2. The fourth-order valence-electron chi connectivity index (χ4n) is 3.06. The van der Waals surface area contributed by atoms with Crippen molar-refractivity contribution in [2.45, 2.75) is 31.6 Å². The van der Waals surface area contributed by atoms with Crippen LogP contribution in [0.2, 0.25) is 0 Å². The molecule has 1 N–H and O–H groups in total. The predicted molar refractivity (Wildman–Crippen MR) is 80.1 cm³/mol. The molecule has 0 aromatic heterocycles. The van der Waals surface area contributed by atoms with Gasteiger partial charge in [0.05, 0.1) is 0 Å². The van der Waals surface area contributed by atoms with Crippen LogP contribution in [0.5, 0.6) is 11.5 Å². The Balaban J connectivity index is 1.54. The monoisotopic (exact) mass is 338 g/mol. The third-order valence-electron chi connectivity index (χ3n) is 4.42. The SMILES string of the molecule is Brc1cc2c(cc1CN1CCNCC1)OC1(CCC1)O2. The summed E-state index contributed by atoms with van der Waals surface area (Å²) in [7, 11) is 0. The molecule has 0 radical (unpaired) electrons. The Bertz CT molecular complexity index is 525. The first-order chi connectivity index (χ1) is 9.74. The summed E-state index contributed by atoms with van der Waals surface area (Å²) in [4.78, 5) is 2.47. The zero-order chi connectivity index (χ0) is 13.6. The Hall–Kier alpha value is -0.780. The smallest absolute Gasteiger partial charge is 0.251 e. The lowest BCUT2D eigenvalue weighted by Crippen LogP contribution is -2.45. The lowest BCUT2D eigenvalue weighted by Gasteiger charge is -2.35. The number of piperazine rings is 1. The maximum Gasteiger partial charge on any atom is 0.251 e. The van der Waals surface area contributed by atoms with E-state index >= 15 is 0 Å². The minimum Gasteiger partial charge on any atom is -0.448 e. The van der Waals surface area contributed by atoms with Crippen LogP contribution in [0, 0.1) is 0 Å². The van der Waals surface area contributed by atoms with Crippen LogP contribution in [0.25, 0.3) is 0 Å². The van der Waals surface area contributed by atoms with Crippen LogP contribution in [0.4, 0.5) is 0 Å². The average Bonchev–Trinajstić information content (AvgIpc) is 2.79. The van der Waals surface area contributed by atoms with E-state index in [-0.39, 0.29) is 5.79 Å². The van der Waals surface area contributed by atoms with Gasteiger partial charge in [-0.3, -0.25) is 4.90 Å². The number of hydrogen-bond acceptors (Lipinski definition) is 4. The van der Waals surface area contributed by atoms with Gasteiger partial charge in [0.2, 0.25) is 0 Å². The molecule has 1 aromatic carbocycles. The fourth-order valence-corrected chi connectivity index (χ4v) is 3.51. The third-order valence-corrected chi connectivity index (χ3v) is 5.16. The number of hydrogen-bond donors (Lipinski definition) is 1. The summed E-state index contributed by atoms with van der Waals surface area (Å²) < 4.78 is 13.1. The molecule has 1 saturated heterocycles. The second-order valence-corrected chi connectivity index (χ2v) is 6.74. The summed E-state index contributed by atoms with van der Waals surface area (Å²) in [5.74, 6) is 1.47. The van der Waals surface area contributed by atoms with Gasteiger partial charge in [-0.15, -0.1) is 0 Å². The number of rotatable bonds is 2. The van der Waals surface area contributed by atoms with Gasteiger partial charge >= 0.3 is 0 Å². The molecule has 2 heterocycles. The Morgan fingerprint density at radius 1 is 1.15 bits per heavy atom. The molecule has 1 spiro atoms. The van der Waals surface area contributed by atoms with E-state index in [4.69, 9.17) is 9.47 Å². The topological polar surface area (TPSA) is 33.7 Å². The van der Waals surface area contributed by atoms with Crippen LogP contribution >= 0.6 is 15.9 Å². The molecule has 0 unspecified atom stereocenters. The van der Waals surface area contributed by atoms with Crippen LogP contribution in [0.1, 0.15) is 24.8 Å². The summed E-state index contributed by atoms with van der Waals surface area (Å²) in [5.41, 5.74) is 1.28. The summed E-state index contributed by atoms with van der Waals surface area (Å²) in [6.45, 7) is 5.32. The number of fused-ring (bicyclic) bond motifs is 1. The number of nitrogens with zero attached hydrogens (tertiary/aromatic N) is 1. The largest absolute Gasteiger partial charge is 0.448 e. The van der Waals surface area contributed by atoms with Crippen molar-refractivity contribution in [2.24, 2.45) is 0 Å². The molecule has 2 aliphatic heterocycles. The van der Waals surface area contributed by atoms with Crippen molar-refractivity contribution < 1.29 is 9.47 Å². The maximum absolute atomic E-state index is 6.04. The van der Waals surface area contributed by atoms with Gasteiger partial charge in [-0.05, 0) is 24.1 Å². The molecule has 1 saturated carbocycles. The molecule has 4 rings (SSSR count). The predicted octanol–water partition coefficient (Wildman–Crippen LogP) is 2.51. The van der Waals surface area contributed by atoms with Crippen molar-refractivity contribution in [1.82, 2.24) is 10.2 Å². The molecule has 0 amide bonds. The Morgan fingerprint density at radius 2 is 1.85 bits per heavy atom. The number of benzene rings is 1. The second kappa shape index (κ2) is 4.90. The molecule has 0 bridgehead atoms. The second-order valence-electron chi connectivity index (χ2n) is 5.88. The minimum atomic E-state index is -0.338. The zero-order valence-corrected chi connectivity index (χ0v) is 13.0. The van der Waals surface area contributed by atoms with Gasteiger partial charge in [0, 0.05) is 50.0 Å². The van der Waals surface area contributed by atoms with Gasteiger partial charge in [0.15, 0.2) is 11.5 Å². The normalized spacial score (nSPS) is 23.9. The van der Waals surface area contributed by atoms with E-state index in [1.165, 1.54) is 12.0 Å². The van der Waals surface area contributed by atoms with Crippen LogP contribution in [-0.2, 0) is 6.54 Å². The van der Waals surface area contributed by atoms with Crippen molar-refractivity contribution in [3.8, 4) is 11.5 Å². The summed E-state index contributed by atoms with van der Waals surface area (Å²) >= 11 is 3.68. The van der Waals surface area contributed by atoms with Crippen molar-refractivity contribution in [3.63, 3.8) is 0 Å². The molecule has 1 aromatic rings. The molecule has 0 atom stereocenters. The summed E-state index contributed by atoms with van der Waals surface area (Å²) in [6.07, 6.45) is 3.21. The van der Waals surface area contributed by atoms with Crippen molar-refractivity contribution in [2.75, 3.05) is 26.2 Å². The van der Waals surface area contributed by atoms with Crippen molar-refractivity contribution in [3.05, 3.63) is 22.2 Å². The van der Waals surface area contributed by atoms with Gasteiger partial charge in [-0.2, -0.15) is 0 Å². The van der Waals surface area contributed by atoms with E-state index < -0.39 is 0 Å². The van der Waals surface area contributed by atoms with E-state index in [1.54, 1.807) is 0 Å². The standard InChI is InChI=1S/C15H19BrN2O2/c16-12-9-14-13(19-15(20-14)2-1-3-15)8-11(12)10-18-6-4-17-5-7-18/h8-9,17H,1-7,10H2. The summed E-state index contributed by atoms with van der Waals surface area (Å²) in [5, 5.41) is 3.38. The fraction of sp³-hybridized carbons (Fsp3) is 0.600. The Labute approximate surface area is 127 Å². The van der Waals surface area contributed by atoms with Gasteiger partial charge in [-0.25, -0.2) is 0 Å². The quantitative estimate of drug-likeness (QED) is 0.898. The van der Waals surface area contributed by atoms with Crippen LogP contribution in [-0.4, -0.2) is 36.9 Å². The van der Waals surface area contributed by atoms with E-state index in [2.05, 4.69) is 38.3 Å². The third kappa shape index (κ3) is 2.22. The lowest BCUT2D eigenvalue weighted by atomic mass is 9.91. The molecule has 108 valence electrons. The highest BCUT2D eigenvalue weighted by molar-refractivity contribution is 9.10. The van der Waals surface area contributed by atoms with E-state index in [0.29, 0.717) is 0 Å². The van der Waals surface area contributed by atoms with Crippen LogP contribution < -0.4 is 14.8 Å². The lowest BCUT2D eigenvalue weighted by molar-refractivity contribution is -0.138. The molecule has 3 aliphatic rings. The molecule has 20 heavy (non-hydrogen) atoms.